The number of urea groups is 1. The van der Waals surface area contributed by atoms with E-state index >= 15 is 0 Å². The van der Waals surface area contributed by atoms with Crippen molar-refractivity contribution in [3.05, 3.63) is 53.1 Å². The Kier molecular flexibility index (Phi) is 7.00. The quantitative estimate of drug-likeness (QED) is 0.741. The monoisotopic (exact) mass is 358 g/mol. The predicted molar refractivity (Wildman–Crippen MR) is 99.5 cm³/mol. The first kappa shape index (κ1) is 18.5. The van der Waals surface area contributed by atoms with Gasteiger partial charge in [-0.25, -0.2) is 4.79 Å². The lowest BCUT2D eigenvalue weighted by Crippen LogP contribution is -2.30. The summed E-state index contributed by atoms with van der Waals surface area (Å²) in [4.78, 5) is 11.9. The number of hydrogen-bond donors (Lipinski definition) is 2. The van der Waals surface area contributed by atoms with E-state index in [0.717, 1.165) is 11.3 Å². The van der Waals surface area contributed by atoms with E-state index in [1.807, 2.05) is 24.3 Å². The van der Waals surface area contributed by atoms with E-state index < -0.39 is 0 Å². The molecular weight excluding hydrogens is 340 g/mol. The van der Waals surface area contributed by atoms with E-state index in [4.69, 9.17) is 27.5 Å². The van der Waals surface area contributed by atoms with Crippen LogP contribution in [-0.4, -0.2) is 26.3 Å². The van der Waals surface area contributed by atoms with Crippen LogP contribution in [0.4, 0.5) is 10.5 Å². The van der Waals surface area contributed by atoms with Crippen LogP contribution in [0.25, 0.3) is 0 Å². The van der Waals surface area contributed by atoms with Crippen molar-refractivity contribution in [3.63, 3.8) is 0 Å². The molecule has 0 saturated heterocycles. The molecule has 0 fully saturated rings. The maximum atomic E-state index is 11.9. The number of carbonyl (C=O) groups is 1. The molecule has 25 heavy (non-hydrogen) atoms. The molecule has 2 amide bonds. The molecule has 2 aromatic carbocycles. The summed E-state index contributed by atoms with van der Waals surface area (Å²) in [6.45, 7) is 0.735. The van der Waals surface area contributed by atoms with Gasteiger partial charge >= 0.3 is 6.03 Å². The van der Waals surface area contributed by atoms with Gasteiger partial charge in [0.2, 0.25) is 0 Å². The number of hydrogen-bond acceptors (Lipinski definition) is 3. The predicted octanol–water partition coefficient (Wildman–Crippen LogP) is 3.72. The van der Waals surface area contributed by atoms with Crippen molar-refractivity contribution >= 4 is 23.3 Å². The minimum Gasteiger partial charge on any atom is -0.497 e. The molecule has 0 spiro atoms. The molecule has 0 bridgehead atoms. The van der Waals surface area contributed by atoms with Crippen molar-refractivity contribution in [2.24, 2.45) is 0 Å². The lowest BCUT2D eigenvalue weighted by atomic mass is 10.1. The summed E-state index contributed by atoms with van der Waals surface area (Å²) in [6, 6.07) is 12.3. The number of methoxy groups -OCH3 is 1. The molecule has 0 aromatic heterocycles. The van der Waals surface area contributed by atoms with Gasteiger partial charge in [0.15, 0.2) is 0 Å². The molecule has 0 heterocycles. The Morgan fingerprint density at radius 1 is 1.20 bits per heavy atom. The van der Waals surface area contributed by atoms with Crippen molar-refractivity contribution < 1.29 is 14.3 Å². The maximum absolute atomic E-state index is 11.9. The van der Waals surface area contributed by atoms with Crippen molar-refractivity contribution in [1.82, 2.24) is 5.32 Å². The highest BCUT2D eigenvalue weighted by Crippen LogP contribution is 2.26. The van der Waals surface area contributed by atoms with Crippen molar-refractivity contribution in [1.29, 1.82) is 0 Å². The number of halogens is 1. The fourth-order valence-corrected chi connectivity index (χ4v) is 2.31. The summed E-state index contributed by atoms with van der Waals surface area (Å²) in [5.74, 6) is 3.77. The number of anilines is 1. The summed E-state index contributed by atoms with van der Waals surface area (Å²) < 4.78 is 10.4. The molecule has 0 saturated carbocycles. The normalized spacial score (nSPS) is 9.80. The number of nitrogens with one attached hydrogen (secondary N) is 2. The summed E-state index contributed by atoms with van der Waals surface area (Å²) in [7, 11) is 1.55. The Bertz CT molecular complexity index is 754. The highest BCUT2D eigenvalue weighted by Gasteiger charge is 2.06. The largest absolute Gasteiger partial charge is 0.497 e. The Morgan fingerprint density at radius 2 is 1.92 bits per heavy atom. The molecular formula is C19H19ClN2O3. The number of terminal acetylenes is 1. The molecule has 2 aromatic rings. The zero-order valence-electron chi connectivity index (χ0n) is 13.8. The SMILES string of the molecule is C#CCOc1ccc(CCNC(=O)Nc2ccc(OC)cc2Cl)cc1. The third kappa shape index (κ3) is 5.94. The zero-order valence-corrected chi connectivity index (χ0v) is 14.6. The fourth-order valence-electron chi connectivity index (χ4n) is 2.09. The van der Waals surface area contributed by atoms with E-state index in [-0.39, 0.29) is 12.6 Å². The van der Waals surface area contributed by atoms with Gasteiger partial charge in [-0.05, 0) is 36.2 Å². The molecule has 0 atom stereocenters. The van der Waals surface area contributed by atoms with E-state index in [0.29, 0.717) is 29.4 Å². The molecule has 5 nitrogen and oxygen atoms in total. The molecule has 0 aliphatic rings. The Morgan fingerprint density at radius 3 is 2.56 bits per heavy atom. The second-order valence-corrected chi connectivity index (χ2v) is 5.52. The first-order chi connectivity index (χ1) is 12.1. The third-order valence-corrected chi connectivity index (χ3v) is 3.68. The van der Waals surface area contributed by atoms with Crippen molar-refractivity contribution in [3.8, 4) is 23.8 Å². The van der Waals surface area contributed by atoms with Crippen LogP contribution in [0.3, 0.4) is 0 Å². The number of ether oxygens (including phenoxy) is 2. The average molecular weight is 359 g/mol. The average Bonchev–Trinajstić information content (AvgIpc) is 2.62. The van der Waals surface area contributed by atoms with E-state index in [2.05, 4.69) is 16.6 Å². The Labute approximate surface area is 152 Å². The van der Waals surface area contributed by atoms with Crippen molar-refractivity contribution in [2.75, 3.05) is 25.6 Å². The van der Waals surface area contributed by atoms with Crippen molar-refractivity contribution in [2.45, 2.75) is 6.42 Å². The standard InChI is InChI=1S/C19H19ClN2O3/c1-3-12-25-15-6-4-14(5-7-15)10-11-21-19(23)22-18-9-8-16(24-2)13-17(18)20/h1,4-9,13H,10-12H2,2H3,(H2,21,22,23). The summed E-state index contributed by atoms with van der Waals surface area (Å²) >= 11 is 6.09. The van der Waals surface area contributed by atoms with Gasteiger partial charge in [0.1, 0.15) is 18.1 Å². The topological polar surface area (TPSA) is 59.6 Å². The summed E-state index contributed by atoms with van der Waals surface area (Å²) in [5.41, 5.74) is 1.60. The number of rotatable bonds is 7. The smallest absolute Gasteiger partial charge is 0.319 e. The van der Waals surface area contributed by atoms with Crippen LogP contribution in [0, 0.1) is 12.3 Å². The number of benzene rings is 2. The van der Waals surface area contributed by atoms with Crippen LogP contribution in [-0.2, 0) is 6.42 Å². The van der Waals surface area contributed by atoms with Gasteiger partial charge in [0, 0.05) is 12.6 Å². The molecule has 0 radical (unpaired) electrons. The molecule has 0 unspecified atom stereocenters. The highest BCUT2D eigenvalue weighted by atomic mass is 35.5. The van der Waals surface area contributed by atoms with Crippen LogP contribution >= 0.6 is 11.6 Å². The summed E-state index contributed by atoms with van der Waals surface area (Å²) in [6.07, 6.45) is 5.84. The number of carbonyl (C=O) groups excluding carboxylic acids is 1. The molecule has 0 aliphatic heterocycles. The van der Waals surface area contributed by atoms with Gasteiger partial charge in [-0.1, -0.05) is 29.7 Å². The van der Waals surface area contributed by atoms with E-state index in [1.54, 1.807) is 25.3 Å². The van der Waals surface area contributed by atoms with Gasteiger partial charge in [0.25, 0.3) is 0 Å². The molecule has 130 valence electrons. The minimum absolute atomic E-state index is 0.245. The lowest BCUT2D eigenvalue weighted by Gasteiger charge is -2.10. The van der Waals surface area contributed by atoms with E-state index in [1.165, 1.54) is 0 Å². The Balaban J connectivity index is 1.77. The lowest BCUT2D eigenvalue weighted by molar-refractivity contribution is 0.252. The second kappa shape index (κ2) is 9.45. The van der Waals surface area contributed by atoms with Crippen LogP contribution in [0.1, 0.15) is 5.56 Å². The zero-order chi connectivity index (χ0) is 18.1. The van der Waals surface area contributed by atoms with Gasteiger partial charge < -0.3 is 20.1 Å². The van der Waals surface area contributed by atoms with Crippen LogP contribution in [0.2, 0.25) is 5.02 Å². The van der Waals surface area contributed by atoms with Gasteiger partial charge in [-0.15, -0.1) is 6.42 Å². The van der Waals surface area contributed by atoms with Gasteiger partial charge in [0.05, 0.1) is 17.8 Å². The number of amides is 2. The van der Waals surface area contributed by atoms with Crippen LogP contribution < -0.4 is 20.1 Å². The van der Waals surface area contributed by atoms with E-state index in [9.17, 15) is 4.79 Å². The first-order valence-corrected chi connectivity index (χ1v) is 8.03. The third-order valence-electron chi connectivity index (χ3n) is 3.37. The molecule has 2 rings (SSSR count). The second-order valence-electron chi connectivity index (χ2n) is 5.11. The van der Waals surface area contributed by atoms with Crippen LogP contribution in [0.5, 0.6) is 11.5 Å². The highest BCUT2D eigenvalue weighted by molar-refractivity contribution is 6.33. The maximum Gasteiger partial charge on any atom is 0.319 e. The van der Waals surface area contributed by atoms with Crippen LogP contribution in [0.15, 0.2) is 42.5 Å². The van der Waals surface area contributed by atoms with Gasteiger partial charge in [-0.3, -0.25) is 0 Å². The molecule has 0 aliphatic carbocycles. The minimum atomic E-state index is -0.318. The summed E-state index contributed by atoms with van der Waals surface area (Å²) in [5, 5.41) is 5.90. The molecule has 6 heteroatoms. The molecule has 2 N–H and O–H groups in total. The van der Waals surface area contributed by atoms with Gasteiger partial charge in [-0.2, -0.15) is 0 Å². The first-order valence-electron chi connectivity index (χ1n) is 7.66. The fraction of sp³-hybridized carbons (Fsp3) is 0.211. The Hall–Kier alpha value is -2.84.